The average Bonchev–Trinajstić information content (AvgIpc) is 2.89. The van der Waals surface area contributed by atoms with Crippen LogP contribution in [-0.4, -0.2) is 88.8 Å². The SMILES string of the molecule is NCCCCC(NC(=O)C(N)CO)C(=O)NC(Cc1ccc(O)cc1)C(=O)NC(CCCN=C(N)N)C(=O)O. The van der Waals surface area contributed by atoms with E-state index in [1.807, 2.05) is 0 Å². The second-order valence-electron chi connectivity index (χ2n) is 8.91. The van der Waals surface area contributed by atoms with Gasteiger partial charge in [0.15, 0.2) is 5.96 Å². The number of phenols is 1. The fourth-order valence-electron chi connectivity index (χ4n) is 3.51. The van der Waals surface area contributed by atoms with Crippen LogP contribution in [0.1, 0.15) is 37.7 Å². The molecule has 14 N–H and O–H groups in total. The maximum atomic E-state index is 13.2. The smallest absolute Gasteiger partial charge is 0.326 e. The standard InChI is InChI=1S/C24H40N8O7/c25-10-2-1-4-17(30-20(35)16(26)13-33)21(36)32-19(12-14-6-8-15(34)9-7-14)22(37)31-18(23(38)39)5-3-11-29-24(27)28/h6-9,16-19,33-34H,1-5,10-13,25-26H2,(H,30,35)(H,31,37)(H,32,36)(H,38,39)(H4,27,28,29). The third-order valence-corrected chi connectivity index (χ3v) is 5.68. The van der Waals surface area contributed by atoms with Crippen LogP contribution in [0.2, 0.25) is 0 Å². The van der Waals surface area contributed by atoms with Crippen LogP contribution in [0, 0.1) is 0 Å². The summed E-state index contributed by atoms with van der Waals surface area (Å²) in [5, 5.41) is 35.8. The number of rotatable bonds is 18. The minimum absolute atomic E-state index is 0.00148. The molecule has 0 aliphatic rings. The van der Waals surface area contributed by atoms with Gasteiger partial charge in [-0.25, -0.2) is 4.79 Å². The van der Waals surface area contributed by atoms with Gasteiger partial charge in [0.05, 0.1) is 6.61 Å². The second-order valence-corrected chi connectivity index (χ2v) is 8.91. The Kier molecular flexibility index (Phi) is 14.9. The van der Waals surface area contributed by atoms with Crippen molar-refractivity contribution in [1.82, 2.24) is 16.0 Å². The zero-order chi connectivity index (χ0) is 29.4. The summed E-state index contributed by atoms with van der Waals surface area (Å²) in [7, 11) is 0. The first-order chi connectivity index (χ1) is 18.5. The molecule has 4 atom stereocenters. The van der Waals surface area contributed by atoms with Gasteiger partial charge in [-0.2, -0.15) is 0 Å². The van der Waals surface area contributed by atoms with Gasteiger partial charge in [0.2, 0.25) is 17.7 Å². The van der Waals surface area contributed by atoms with Crippen molar-refractivity contribution >= 4 is 29.7 Å². The van der Waals surface area contributed by atoms with Crippen LogP contribution in [0.25, 0.3) is 0 Å². The lowest BCUT2D eigenvalue weighted by molar-refractivity contribution is -0.142. The lowest BCUT2D eigenvalue weighted by atomic mass is 10.0. The number of guanidine groups is 1. The largest absolute Gasteiger partial charge is 0.508 e. The molecule has 0 spiro atoms. The summed E-state index contributed by atoms with van der Waals surface area (Å²) in [5.74, 6) is -3.66. The monoisotopic (exact) mass is 552 g/mol. The molecular formula is C24H40N8O7. The van der Waals surface area contributed by atoms with E-state index in [1.54, 1.807) is 12.1 Å². The fourth-order valence-corrected chi connectivity index (χ4v) is 3.51. The van der Waals surface area contributed by atoms with E-state index in [-0.39, 0.29) is 43.9 Å². The average molecular weight is 553 g/mol. The van der Waals surface area contributed by atoms with Gasteiger partial charge < -0.3 is 54.2 Å². The maximum absolute atomic E-state index is 13.2. The number of hydrogen-bond donors (Lipinski definition) is 10. The van der Waals surface area contributed by atoms with Gasteiger partial charge >= 0.3 is 5.97 Å². The number of carboxylic acid groups (broad SMARTS) is 1. The number of carboxylic acids is 1. The number of nitrogens with zero attached hydrogens (tertiary/aromatic N) is 1. The molecule has 218 valence electrons. The number of aliphatic imine (C=N–C) groups is 1. The Labute approximate surface area is 226 Å². The number of aliphatic hydroxyl groups is 1. The number of aliphatic hydroxyl groups excluding tert-OH is 1. The molecule has 3 amide bonds. The minimum atomic E-state index is -1.28. The van der Waals surface area contributed by atoms with Crippen molar-refractivity contribution in [2.45, 2.75) is 62.7 Å². The Morgan fingerprint density at radius 3 is 1.97 bits per heavy atom. The Morgan fingerprint density at radius 2 is 1.41 bits per heavy atom. The molecule has 0 saturated heterocycles. The molecule has 0 aromatic heterocycles. The molecule has 0 aliphatic carbocycles. The van der Waals surface area contributed by atoms with Crippen LogP contribution in [0.15, 0.2) is 29.3 Å². The fraction of sp³-hybridized carbons (Fsp3) is 0.542. The van der Waals surface area contributed by atoms with Crippen LogP contribution < -0.4 is 38.9 Å². The number of unbranched alkanes of at least 4 members (excludes halogenated alkanes) is 1. The Bertz CT molecular complexity index is 970. The second kappa shape index (κ2) is 17.5. The molecule has 39 heavy (non-hydrogen) atoms. The molecule has 0 saturated carbocycles. The molecule has 1 aromatic rings. The predicted molar refractivity (Wildman–Crippen MR) is 143 cm³/mol. The first-order valence-corrected chi connectivity index (χ1v) is 12.5. The number of carbonyl (C=O) groups excluding carboxylic acids is 3. The molecule has 0 aliphatic heterocycles. The van der Waals surface area contributed by atoms with Gasteiger partial charge in [0.25, 0.3) is 0 Å². The Morgan fingerprint density at radius 1 is 0.846 bits per heavy atom. The summed E-state index contributed by atoms with van der Waals surface area (Å²) in [6.07, 6.45) is 1.48. The lowest BCUT2D eigenvalue weighted by Crippen LogP contribution is -2.58. The minimum Gasteiger partial charge on any atom is -0.508 e. The van der Waals surface area contributed by atoms with Gasteiger partial charge in [0.1, 0.15) is 29.9 Å². The van der Waals surface area contributed by atoms with Crippen LogP contribution in [0.5, 0.6) is 5.75 Å². The highest BCUT2D eigenvalue weighted by Gasteiger charge is 2.30. The summed E-state index contributed by atoms with van der Waals surface area (Å²) in [4.78, 5) is 54.2. The van der Waals surface area contributed by atoms with Crippen LogP contribution >= 0.6 is 0 Å². The van der Waals surface area contributed by atoms with Crippen molar-refractivity contribution in [3.63, 3.8) is 0 Å². The molecule has 1 aromatic carbocycles. The van der Waals surface area contributed by atoms with Gasteiger partial charge in [-0.05, 0) is 56.3 Å². The summed E-state index contributed by atoms with van der Waals surface area (Å²) >= 11 is 0. The van der Waals surface area contributed by atoms with E-state index in [0.717, 1.165) is 0 Å². The molecular weight excluding hydrogens is 512 g/mol. The number of carbonyl (C=O) groups is 4. The summed E-state index contributed by atoms with van der Waals surface area (Å²) < 4.78 is 0. The van der Waals surface area contributed by atoms with E-state index >= 15 is 0 Å². The third kappa shape index (κ3) is 12.9. The maximum Gasteiger partial charge on any atom is 0.326 e. The molecule has 0 bridgehead atoms. The van der Waals surface area contributed by atoms with Crippen molar-refractivity contribution in [1.29, 1.82) is 0 Å². The Hall–Kier alpha value is -3.95. The first kappa shape index (κ1) is 33.1. The summed E-state index contributed by atoms with van der Waals surface area (Å²) in [5.41, 5.74) is 22.2. The zero-order valence-corrected chi connectivity index (χ0v) is 21.7. The molecule has 4 unspecified atom stereocenters. The van der Waals surface area contributed by atoms with E-state index in [1.165, 1.54) is 12.1 Å². The molecule has 15 nitrogen and oxygen atoms in total. The van der Waals surface area contributed by atoms with Gasteiger partial charge in [-0.1, -0.05) is 12.1 Å². The normalized spacial score (nSPS) is 13.8. The highest BCUT2D eigenvalue weighted by atomic mass is 16.4. The van der Waals surface area contributed by atoms with Crippen LogP contribution in [0.3, 0.4) is 0 Å². The number of aliphatic carboxylic acids is 1. The number of nitrogens with two attached hydrogens (primary N) is 4. The highest BCUT2D eigenvalue weighted by molar-refractivity contribution is 5.94. The molecule has 0 heterocycles. The van der Waals surface area contributed by atoms with Gasteiger partial charge in [0, 0.05) is 13.0 Å². The number of benzene rings is 1. The number of aromatic hydroxyl groups is 1. The highest BCUT2D eigenvalue weighted by Crippen LogP contribution is 2.12. The van der Waals surface area contributed by atoms with E-state index in [4.69, 9.17) is 28.0 Å². The lowest BCUT2D eigenvalue weighted by Gasteiger charge is -2.25. The zero-order valence-electron chi connectivity index (χ0n) is 21.7. The van der Waals surface area contributed by atoms with E-state index < -0.39 is 54.5 Å². The summed E-state index contributed by atoms with van der Waals surface area (Å²) in [6, 6.07) is 1.05. The van der Waals surface area contributed by atoms with Crippen molar-refractivity contribution in [3.8, 4) is 5.75 Å². The quantitative estimate of drug-likeness (QED) is 0.0496. The number of nitrogens with one attached hydrogen (secondary N) is 3. The van der Waals surface area contributed by atoms with E-state index in [0.29, 0.717) is 24.9 Å². The molecule has 15 heteroatoms. The van der Waals surface area contributed by atoms with Gasteiger partial charge in [-0.15, -0.1) is 0 Å². The molecule has 0 radical (unpaired) electrons. The van der Waals surface area contributed by atoms with Crippen molar-refractivity contribution < 1.29 is 34.5 Å². The van der Waals surface area contributed by atoms with Crippen molar-refractivity contribution in [2.24, 2.45) is 27.9 Å². The number of phenolic OH excluding ortho intramolecular Hbond substituents is 1. The Balaban J connectivity index is 3.11. The van der Waals surface area contributed by atoms with E-state index in [2.05, 4.69) is 20.9 Å². The predicted octanol–water partition coefficient (Wildman–Crippen LogP) is -3.02. The van der Waals surface area contributed by atoms with E-state index in [9.17, 15) is 29.4 Å². The molecule has 0 fully saturated rings. The van der Waals surface area contributed by atoms with Crippen LogP contribution in [0.4, 0.5) is 0 Å². The number of amides is 3. The first-order valence-electron chi connectivity index (χ1n) is 12.5. The third-order valence-electron chi connectivity index (χ3n) is 5.68. The van der Waals surface area contributed by atoms with Gasteiger partial charge in [-0.3, -0.25) is 19.4 Å². The number of hydrogen-bond acceptors (Lipinski definition) is 9. The van der Waals surface area contributed by atoms with Crippen molar-refractivity contribution in [2.75, 3.05) is 19.7 Å². The molecule has 1 rings (SSSR count). The van der Waals surface area contributed by atoms with Crippen molar-refractivity contribution in [3.05, 3.63) is 29.8 Å². The summed E-state index contributed by atoms with van der Waals surface area (Å²) in [6.45, 7) is -0.103. The van der Waals surface area contributed by atoms with Crippen LogP contribution in [-0.2, 0) is 25.6 Å². The topological polar surface area (TPSA) is 282 Å².